The summed E-state index contributed by atoms with van der Waals surface area (Å²) in [6.07, 6.45) is 1.60. The van der Waals surface area contributed by atoms with Gasteiger partial charge in [0, 0.05) is 18.3 Å². The van der Waals surface area contributed by atoms with E-state index >= 15 is 0 Å². The normalized spacial score (nSPS) is 12.0. The predicted molar refractivity (Wildman–Crippen MR) is 83.3 cm³/mol. The van der Waals surface area contributed by atoms with Gasteiger partial charge in [0.05, 0.1) is 10.8 Å². The molecule has 0 aliphatic rings. The van der Waals surface area contributed by atoms with Crippen molar-refractivity contribution >= 4 is 16.7 Å². The van der Waals surface area contributed by atoms with Gasteiger partial charge in [-0.25, -0.2) is 13.8 Å². The average molecular weight is 338 g/mol. The number of nitrogens with one attached hydrogen (secondary N) is 1. The zero-order valence-electron chi connectivity index (χ0n) is 12.5. The molecule has 0 saturated heterocycles. The van der Waals surface area contributed by atoms with Gasteiger partial charge in [0.1, 0.15) is 22.4 Å². The summed E-state index contributed by atoms with van der Waals surface area (Å²) in [5.41, 5.74) is 0.858. The summed E-state index contributed by atoms with van der Waals surface area (Å²) in [4.78, 5) is 15.7. The van der Waals surface area contributed by atoms with Crippen LogP contribution < -0.4 is 5.32 Å². The van der Waals surface area contributed by atoms with E-state index in [9.17, 15) is 17.8 Å². The molecular weight excluding hydrogens is 322 g/mol. The highest BCUT2D eigenvalue weighted by molar-refractivity contribution is 7.85. The molecule has 0 spiro atoms. The van der Waals surface area contributed by atoms with Crippen LogP contribution in [-0.2, 0) is 22.0 Å². The number of amides is 1. The van der Waals surface area contributed by atoms with E-state index in [0.717, 1.165) is 5.56 Å². The van der Waals surface area contributed by atoms with Crippen LogP contribution in [0.1, 0.15) is 11.1 Å². The average Bonchev–Trinajstić information content (AvgIpc) is 2.51. The van der Waals surface area contributed by atoms with E-state index in [4.69, 9.17) is 0 Å². The van der Waals surface area contributed by atoms with Crippen molar-refractivity contribution in [3.05, 3.63) is 59.3 Å². The smallest absolute Gasteiger partial charge is 0.233 e. The van der Waals surface area contributed by atoms with Gasteiger partial charge in [-0.3, -0.25) is 9.00 Å². The first-order chi connectivity index (χ1) is 11.0. The van der Waals surface area contributed by atoms with Gasteiger partial charge < -0.3 is 5.32 Å². The van der Waals surface area contributed by atoms with E-state index in [0.29, 0.717) is 5.03 Å². The third kappa shape index (κ3) is 4.92. The number of rotatable bonds is 6. The van der Waals surface area contributed by atoms with Gasteiger partial charge in [0.25, 0.3) is 0 Å². The molecule has 7 heteroatoms. The van der Waals surface area contributed by atoms with E-state index in [1.165, 1.54) is 18.2 Å². The van der Waals surface area contributed by atoms with E-state index < -0.39 is 28.3 Å². The Morgan fingerprint density at radius 3 is 2.52 bits per heavy atom. The Hall–Kier alpha value is -2.15. The fraction of sp³-hybridized carbons (Fsp3) is 0.250. The highest BCUT2D eigenvalue weighted by Crippen LogP contribution is 2.12. The van der Waals surface area contributed by atoms with Gasteiger partial charge in [-0.15, -0.1) is 0 Å². The number of carbonyl (C=O) groups excluding carboxylic acids is 1. The molecule has 23 heavy (non-hydrogen) atoms. The van der Waals surface area contributed by atoms with Crippen molar-refractivity contribution < 1.29 is 17.8 Å². The van der Waals surface area contributed by atoms with Gasteiger partial charge in [-0.2, -0.15) is 0 Å². The number of carbonyl (C=O) groups is 1. The van der Waals surface area contributed by atoms with Crippen LogP contribution in [0.2, 0.25) is 0 Å². The molecule has 1 heterocycles. The minimum Gasteiger partial charge on any atom is -0.355 e. The van der Waals surface area contributed by atoms with E-state index in [-0.39, 0.29) is 24.3 Å². The molecule has 1 N–H and O–H groups in total. The molecular formula is C16H16F2N2O2S. The second-order valence-electron chi connectivity index (χ2n) is 4.96. The Morgan fingerprint density at radius 1 is 1.22 bits per heavy atom. The standard InChI is InChI=1S/C16H16F2N2O2S/c1-11-5-6-16(20-9-11)23(22)10-15(21)19-8-7-12-13(17)3-2-4-14(12)18/h2-6,9H,7-8,10H2,1H3,(H,19,21)/t23-/m0/s1. The summed E-state index contributed by atoms with van der Waals surface area (Å²) in [5, 5.41) is 2.83. The third-order valence-electron chi connectivity index (χ3n) is 3.14. The fourth-order valence-electron chi connectivity index (χ4n) is 1.93. The molecule has 0 aliphatic heterocycles. The lowest BCUT2D eigenvalue weighted by Crippen LogP contribution is -2.30. The summed E-state index contributed by atoms with van der Waals surface area (Å²) in [7, 11) is -1.55. The van der Waals surface area contributed by atoms with Crippen LogP contribution in [-0.4, -0.2) is 27.4 Å². The molecule has 0 unspecified atom stereocenters. The molecule has 0 radical (unpaired) electrons. The minimum absolute atomic E-state index is 0.0274. The van der Waals surface area contributed by atoms with Crippen LogP contribution in [0.5, 0.6) is 0 Å². The molecule has 0 bridgehead atoms. The van der Waals surface area contributed by atoms with Crippen LogP contribution >= 0.6 is 0 Å². The first-order valence-electron chi connectivity index (χ1n) is 6.98. The SMILES string of the molecule is Cc1ccc([S@@](=O)CC(=O)NCCc2c(F)cccc2F)nc1. The number of nitrogens with zero attached hydrogens (tertiary/aromatic N) is 1. The number of aromatic nitrogens is 1. The number of hydrogen-bond acceptors (Lipinski definition) is 3. The minimum atomic E-state index is -1.55. The lowest BCUT2D eigenvalue weighted by molar-refractivity contribution is -0.118. The van der Waals surface area contributed by atoms with E-state index in [1.807, 2.05) is 6.92 Å². The number of hydrogen-bond donors (Lipinski definition) is 1. The highest BCUT2D eigenvalue weighted by atomic mass is 32.2. The number of benzene rings is 1. The second kappa shape index (κ2) is 7.92. The molecule has 1 aromatic heterocycles. The Kier molecular flexibility index (Phi) is 5.92. The molecule has 2 aromatic rings. The van der Waals surface area contributed by atoms with Crippen molar-refractivity contribution in [2.24, 2.45) is 0 Å². The molecule has 0 aliphatic carbocycles. The lowest BCUT2D eigenvalue weighted by Gasteiger charge is -2.07. The van der Waals surface area contributed by atoms with Gasteiger partial charge >= 0.3 is 0 Å². The molecule has 1 amide bonds. The van der Waals surface area contributed by atoms with Crippen molar-refractivity contribution in [2.45, 2.75) is 18.4 Å². The first kappa shape index (κ1) is 17.2. The van der Waals surface area contributed by atoms with Crippen LogP contribution in [0.25, 0.3) is 0 Å². The van der Waals surface area contributed by atoms with Crippen LogP contribution in [0.4, 0.5) is 8.78 Å². The summed E-state index contributed by atoms with van der Waals surface area (Å²) >= 11 is 0. The summed E-state index contributed by atoms with van der Waals surface area (Å²) in [6.45, 7) is 1.92. The largest absolute Gasteiger partial charge is 0.355 e. The summed E-state index contributed by atoms with van der Waals surface area (Å²) < 4.78 is 38.8. The maximum Gasteiger partial charge on any atom is 0.233 e. The molecule has 1 atom stereocenters. The third-order valence-corrected chi connectivity index (χ3v) is 4.37. The van der Waals surface area contributed by atoms with Gasteiger partial charge in [0.15, 0.2) is 0 Å². The molecule has 1 aromatic carbocycles. The molecule has 4 nitrogen and oxygen atoms in total. The molecule has 2 rings (SSSR count). The Morgan fingerprint density at radius 2 is 1.91 bits per heavy atom. The van der Waals surface area contributed by atoms with Crippen molar-refractivity contribution in [3.63, 3.8) is 0 Å². The van der Waals surface area contributed by atoms with Crippen molar-refractivity contribution in [2.75, 3.05) is 12.3 Å². The predicted octanol–water partition coefficient (Wildman–Crippen LogP) is 2.13. The first-order valence-corrected chi connectivity index (χ1v) is 8.30. The van der Waals surface area contributed by atoms with Crippen LogP contribution in [0, 0.1) is 18.6 Å². The van der Waals surface area contributed by atoms with Crippen LogP contribution in [0.3, 0.4) is 0 Å². The summed E-state index contributed by atoms with van der Waals surface area (Å²) in [6, 6.07) is 6.98. The zero-order chi connectivity index (χ0) is 16.8. The van der Waals surface area contributed by atoms with Crippen LogP contribution in [0.15, 0.2) is 41.6 Å². The number of aryl methyl sites for hydroxylation is 1. The molecule has 0 saturated carbocycles. The Labute approximate surface area is 135 Å². The van der Waals surface area contributed by atoms with Gasteiger partial charge in [-0.05, 0) is 37.1 Å². The highest BCUT2D eigenvalue weighted by Gasteiger charge is 2.12. The van der Waals surface area contributed by atoms with E-state index in [2.05, 4.69) is 10.3 Å². The van der Waals surface area contributed by atoms with Crippen molar-refractivity contribution in [3.8, 4) is 0 Å². The van der Waals surface area contributed by atoms with Gasteiger partial charge in [0.2, 0.25) is 5.91 Å². The number of halogens is 2. The number of pyridine rings is 1. The van der Waals surface area contributed by atoms with E-state index in [1.54, 1.807) is 18.3 Å². The Balaban J connectivity index is 1.83. The molecule has 122 valence electrons. The maximum atomic E-state index is 13.4. The quantitative estimate of drug-likeness (QED) is 0.878. The van der Waals surface area contributed by atoms with Crippen molar-refractivity contribution in [1.29, 1.82) is 0 Å². The van der Waals surface area contributed by atoms with Gasteiger partial charge in [-0.1, -0.05) is 12.1 Å². The topological polar surface area (TPSA) is 59.1 Å². The molecule has 0 fully saturated rings. The fourth-order valence-corrected chi connectivity index (χ4v) is 2.81. The Bertz CT molecular complexity index is 700. The second-order valence-corrected chi connectivity index (χ2v) is 6.36. The van der Waals surface area contributed by atoms with Crippen molar-refractivity contribution in [1.82, 2.24) is 10.3 Å². The zero-order valence-corrected chi connectivity index (χ0v) is 13.3. The maximum absolute atomic E-state index is 13.4. The monoisotopic (exact) mass is 338 g/mol. The lowest BCUT2D eigenvalue weighted by atomic mass is 10.1. The summed E-state index contributed by atoms with van der Waals surface area (Å²) in [5.74, 6) is -1.99.